The van der Waals surface area contributed by atoms with Gasteiger partial charge in [-0.05, 0) is 62.6 Å². The van der Waals surface area contributed by atoms with Crippen molar-refractivity contribution >= 4 is 44.1 Å². The Bertz CT molecular complexity index is 1650. The van der Waals surface area contributed by atoms with Crippen molar-refractivity contribution < 1.29 is 4.57 Å². The van der Waals surface area contributed by atoms with Crippen LogP contribution in [0.3, 0.4) is 0 Å². The molecule has 4 aromatic carbocycles. The summed E-state index contributed by atoms with van der Waals surface area (Å²) in [5.41, 5.74) is 7.15. The minimum absolute atomic E-state index is 0.0816. The monoisotopic (exact) mass is 462 g/mol. The molecule has 0 bridgehead atoms. The van der Waals surface area contributed by atoms with E-state index in [9.17, 15) is 0 Å². The van der Waals surface area contributed by atoms with Crippen molar-refractivity contribution in [1.82, 2.24) is 0 Å². The van der Waals surface area contributed by atoms with Crippen LogP contribution in [0.25, 0.3) is 43.6 Å². The first-order chi connectivity index (χ1) is 16.2. The van der Waals surface area contributed by atoms with Crippen molar-refractivity contribution in [2.24, 2.45) is 7.05 Å². The molecule has 0 unspecified atom stereocenters. The molecule has 0 amide bonds. The lowest BCUT2D eigenvalue weighted by atomic mass is 9.81. The molecule has 0 radical (unpaired) electrons. The molecule has 0 saturated heterocycles. The zero-order valence-corrected chi connectivity index (χ0v) is 22.0. The topological polar surface area (TPSA) is 3.88 Å². The van der Waals surface area contributed by atoms with Gasteiger partial charge in [0.15, 0.2) is 6.20 Å². The SMILES string of the molecule is Cc1c2c(c(C(C)C)c3ccccc13)Sc1cc3cccc(C(C)(C)C)c3c3cc[n+](C)c-2c13. The Balaban J connectivity index is 1.86. The van der Waals surface area contributed by atoms with Crippen LogP contribution in [0.4, 0.5) is 0 Å². The first-order valence-electron chi connectivity index (χ1n) is 12.3. The lowest BCUT2D eigenvalue weighted by Crippen LogP contribution is -2.32. The largest absolute Gasteiger partial charge is 0.222 e. The van der Waals surface area contributed by atoms with Gasteiger partial charge in [0.1, 0.15) is 7.05 Å². The minimum Gasteiger partial charge on any atom is -0.200 e. The van der Waals surface area contributed by atoms with Crippen molar-refractivity contribution in [3.8, 4) is 11.3 Å². The Morgan fingerprint density at radius 2 is 1.59 bits per heavy atom. The Hall–Kier alpha value is -2.84. The number of aryl methyl sites for hydroxylation is 2. The summed E-state index contributed by atoms with van der Waals surface area (Å²) in [4.78, 5) is 2.82. The van der Waals surface area contributed by atoms with E-state index >= 15 is 0 Å². The van der Waals surface area contributed by atoms with Crippen LogP contribution in [-0.2, 0) is 12.5 Å². The summed E-state index contributed by atoms with van der Waals surface area (Å²) in [7, 11) is 2.21. The lowest BCUT2D eigenvalue weighted by molar-refractivity contribution is -0.659. The minimum atomic E-state index is 0.0816. The third-order valence-electron chi connectivity index (χ3n) is 7.52. The number of hydrogen-bond acceptors (Lipinski definition) is 1. The molecule has 2 heteroatoms. The van der Waals surface area contributed by atoms with Gasteiger partial charge < -0.3 is 0 Å². The molecule has 0 aliphatic carbocycles. The molecule has 34 heavy (non-hydrogen) atoms. The number of pyridine rings is 1. The molecule has 0 atom stereocenters. The van der Waals surface area contributed by atoms with Crippen molar-refractivity contribution in [3.63, 3.8) is 0 Å². The third-order valence-corrected chi connectivity index (χ3v) is 8.69. The second-order valence-electron chi connectivity index (χ2n) is 11.1. The molecule has 6 rings (SSSR count). The lowest BCUT2D eigenvalue weighted by Gasteiger charge is -2.28. The van der Waals surface area contributed by atoms with Gasteiger partial charge in [-0.2, -0.15) is 0 Å². The van der Waals surface area contributed by atoms with Crippen molar-refractivity contribution in [3.05, 3.63) is 77.5 Å². The standard InChI is InChI=1S/C32H32NS/c1-18(2)26-22-13-9-8-12-21(22)19(3)27-30-29-23(15-16-33(30)7)28-20(17-25(29)34-31(26)27)11-10-14-24(28)32(4,5)6/h8-18H,1-7H3/q+1. The quantitative estimate of drug-likeness (QED) is 0.174. The van der Waals surface area contributed by atoms with E-state index in [0.717, 1.165) is 0 Å². The van der Waals surface area contributed by atoms with Crippen LogP contribution >= 0.6 is 11.8 Å². The molecule has 1 aromatic heterocycles. The van der Waals surface area contributed by atoms with E-state index in [4.69, 9.17) is 0 Å². The van der Waals surface area contributed by atoms with Crippen LogP contribution in [0.2, 0.25) is 0 Å². The van der Waals surface area contributed by atoms with E-state index in [1.165, 1.54) is 70.1 Å². The van der Waals surface area contributed by atoms with E-state index in [1.807, 2.05) is 11.8 Å². The predicted molar refractivity (Wildman–Crippen MR) is 147 cm³/mol. The van der Waals surface area contributed by atoms with Crippen molar-refractivity contribution in [2.75, 3.05) is 0 Å². The number of aromatic nitrogens is 1. The maximum atomic E-state index is 2.44. The van der Waals surface area contributed by atoms with Gasteiger partial charge in [-0.15, -0.1) is 0 Å². The fourth-order valence-electron chi connectivity index (χ4n) is 6.00. The smallest absolute Gasteiger partial charge is 0.200 e. The molecular weight excluding hydrogens is 430 g/mol. The fraction of sp³-hybridized carbons (Fsp3) is 0.281. The van der Waals surface area contributed by atoms with Gasteiger partial charge in [0.25, 0.3) is 0 Å². The summed E-state index contributed by atoms with van der Waals surface area (Å²) < 4.78 is 2.35. The Kier molecular flexibility index (Phi) is 4.67. The van der Waals surface area contributed by atoms with Gasteiger partial charge in [0.05, 0.1) is 10.9 Å². The van der Waals surface area contributed by atoms with Gasteiger partial charge in [0, 0.05) is 21.2 Å². The Morgan fingerprint density at radius 3 is 2.29 bits per heavy atom. The summed E-state index contributed by atoms with van der Waals surface area (Å²) >= 11 is 1.98. The number of rotatable bonds is 1. The first-order valence-corrected chi connectivity index (χ1v) is 13.1. The number of nitrogens with zero attached hydrogens (tertiary/aromatic N) is 1. The van der Waals surface area contributed by atoms with E-state index < -0.39 is 0 Å². The second-order valence-corrected chi connectivity index (χ2v) is 12.2. The molecule has 1 nitrogen and oxygen atoms in total. The average Bonchev–Trinajstić information content (AvgIpc) is 2.79. The van der Waals surface area contributed by atoms with Crippen LogP contribution in [0.1, 0.15) is 57.2 Å². The average molecular weight is 463 g/mol. The summed E-state index contributed by atoms with van der Waals surface area (Å²) in [6.07, 6.45) is 2.27. The fourth-order valence-corrected chi connectivity index (χ4v) is 7.52. The highest BCUT2D eigenvalue weighted by atomic mass is 32.2. The number of hydrogen-bond donors (Lipinski definition) is 0. The van der Waals surface area contributed by atoms with E-state index in [1.54, 1.807) is 0 Å². The van der Waals surface area contributed by atoms with Gasteiger partial charge in [-0.3, -0.25) is 0 Å². The molecule has 170 valence electrons. The summed E-state index contributed by atoms with van der Waals surface area (Å²) in [5.74, 6) is 0.450. The van der Waals surface area contributed by atoms with Gasteiger partial charge in [-0.25, -0.2) is 4.57 Å². The predicted octanol–water partition coefficient (Wildman–Crippen LogP) is 8.83. The summed E-state index contributed by atoms with van der Waals surface area (Å²) in [6, 6.07) is 20.6. The van der Waals surface area contributed by atoms with E-state index in [-0.39, 0.29) is 5.41 Å². The zero-order valence-electron chi connectivity index (χ0n) is 21.2. The summed E-state index contributed by atoms with van der Waals surface area (Å²) in [5, 5.41) is 8.30. The van der Waals surface area contributed by atoms with Crippen LogP contribution in [-0.4, -0.2) is 0 Å². The molecule has 2 heterocycles. The van der Waals surface area contributed by atoms with Gasteiger partial charge in [-0.1, -0.05) is 88.8 Å². The highest BCUT2D eigenvalue weighted by Crippen LogP contribution is 2.54. The van der Waals surface area contributed by atoms with Gasteiger partial charge >= 0.3 is 0 Å². The zero-order chi connectivity index (χ0) is 23.9. The molecular formula is C32H32NS+. The van der Waals surface area contributed by atoms with Crippen molar-refractivity contribution in [1.29, 1.82) is 0 Å². The van der Waals surface area contributed by atoms with Crippen LogP contribution < -0.4 is 4.57 Å². The maximum absolute atomic E-state index is 2.44. The van der Waals surface area contributed by atoms with Crippen LogP contribution in [0, 0.1) is 6.92 Å². The van der Waals surface area contributed by atoms with E-state index in [2.05, 4.69) is 114 Å². The van der Waals surface area contributed by atoms with Crippen molar-refractivity contribution in [2.45, 2.75) is 62.7 Å². The van der Waals surface area contributed by atoms with Crippen LogP contribution in [0.15, 0.2) is 70.6 Å². The highest BCUT2D eigenvalue weighted by molar-refractivity contribution is 8.00. The molecule has 0 N–H and O–H groups in total. The first kappa shape index (κ1) is 21.7. The number of benzene rings is 4. The normalized spacial score (nSPS) is 13.3. The molecule has 1 aliphatic heterocycles. The second kappa shape index (κ2) is 7.33. The Labute approximate surface area is 206 Å². The Morgan fingerprint density at radius 1 is 0.853 bits per heavy atom. The molecule has 1 aliphatic rings. The van der Waals surface area contributed by atoms with E-state index in [0.29, 0.717) is 5.92 Å². The summed E-state index contributed by atoms with van der Waals surface area (Å²) in [6.45, 7) is 14.0. The van der Waals surface area contributed by atoms with Gasteiger partial charge in [0.2, 0.25) is 5.69 Å². The number of fused-ring (bicyclic) bond motifs is 5. The highest BCUT2D eigenvalue weighted by Gasteiger charge is 2.33. The maximum Gasteiger partial charge on any atom is 0.222 e. The molecule has 0 saturated carbocycles. The molecule has 0 spiro atoms. The third kappa shape index (κ3) is 2.91. The molecule has 0 fully saturated rings. The van der Waals surface area contributed by atoms with Crippen LogP contribution in [0.5, 0.6) is 0 Å². The molecule has 5 aromatic rings.